The standard InChI is InChI=1S/C21H19BrN4O3S/c1-4-9-30-21-24-20-17(25-26-21)13-7-5-6-8-15(13)23-19(29-20)12-10-14(22)18(28-3)16(11-12)27-2/h4-8,10-11,19,23H,1,9H2,2-3H3/t19-/m1/s1. The molecule has 4 rings (SSSR count). The van der Waals surface area contributed by atoms with E-state index >= 15 is 0 Å². The van der Waals surface area contributed by atoms with Crippen LogP contribution in [0.15, 0.2) is 58.7 Å². The molecule has 0 saturated carbocycles. The Morgan fingerprint density at radius 1 is 1.23 bits per heavy atom. The highest BCUT2D eigenvalue weighted by atomic mass is 79.9. The van der Waals surface area contributed by atoms with Crippen LogP contribution < -0.4 is 19.5 Å². The molecule has 2 heterocycles. The molecule has 0 fully saturated rings. The van der Waals surface area contributed by atoms with Crippen LogP contribution in [0.4, 0.5) is 5.69 Å². The van der Waals surface area contributed by atoms with Crippen LogP contribution in [0.1, 0.15) is 11.8 Å². The molecule has 0 amide bonds. The van der Waals surface area contributed by atoms with Crippen molar-refractivity contribution in [3.05, 3.63) is 59.1 Å². The molecular formula is C21H19BrN4O3S. The SMILES string of the molecule is C=CCSc1nnc2c(n1)O[C@H](c1cc(Br)c(OC)c(OC)c1)Nc1ccccc1-2. The molecule has 1 N–H and O–H groups in total. The van der Waals surface area contributed by atoms with Gasteiger partial charge in [-0.2, -0.15) is 4.98 Å². The number of hydrogen-bond acceptors (Lipinski definition) is 8. The van der Waals surface area contributed by atoms with E-state index in [1.165, 1.54) is 11.8 Å². The normalized spacial score (nSPS) is 14.4. The van der Waals surface area contributed by atoms with Gasteiger partial charge in [0.1, 0.15) is 0 Å². The fraction of sp³-hybridized carbons (Fsp3) is 0.190. The number of nitrogens with zero attached hydrogens (tertiary/aromatic N) is 3. The predicted molar refractivity (Wildman–Crippen MR) is 120 cm³/mol. The second-order valence-electron chi connectivity index (χ2n) is 6.27. The van der Waals surface area contributed by atoms with Gasteiger partial charge in [0.05, 0.1) is 18.7 Å². The third-order valence-corrected chi connectivity index (χ3v) is 5.85. The molecule has 3 aromatic rings. The highest BCUT2D eigenvalue weighted by molar-refractivity contribution is 9.10. The van der Waals surface area contributed by atoms with E-state index in [1.54, 1.807) is 20.3 Å². The topological polar surface area (TPSA) is 78.4 Å². The Labute approximate surface area is 187 Å². The first-order valence-electron chi connectivity index (χ1n) is 9.07. The van der Waals surface area contributed by atoms with Crippen LogP contribution in [-0.4, -0.2) is 35.2 Å². The fourth-order valence-corrected chi connectivity index (χ4v) is 4.22. The molecule has 0 radical (unpaired) electrons. The molecule has 1 aromatic heterocycles. The van der Waals surface area contributed by atoms with Gasteiger partial charge in [-0.15, -0.1) is 16.8 Å². The van der Waals surface area contributed by atoms with E-state index < -0.39 is 6.23 Å². The number of halogens is 1. The molecule has 1 aliphatic heterocycles. The van der Waals surface area contributed by atoms with Crippen LogP contribution in [0.5, 0.6) is 17.4 Å². The molecule has 7 nitrogen and oxygen atoms in total. The van der Waals surface area contributed by atoms with Gasteiger partial charge < -0.3 is 19.5 Å². The minimum atomic E-state index is -0.530. The first kappa shape index (κ1) is 20.5. The number of anilines is 1. The number of rotatable bonds is 6. The fourth-order valence-electron chi connectivity index (χ4n) is 3.08. The van der Waals surface area contributed by atoms with E-state index in [-0.39, 0.29) is 0 Å². The zero-order valence-corrected chi connectivity index (χ0v) is 18.8. The van der Waals surface area contributed by atoms with E-state index in [9.17, 15) is 0 Å². The van der Waals surface area contributed by atoms with Gasteiger partial charge in [0, 0.05) is 22.6 Å². The largest absolute Gasteiger partial charge is 0.493 e. The van der Waals surface area contributed by atoms with Crippen LogP contribution >= 0.6 is 27.7 Å². The van der Waals surface area contributed by atoms with Crippen molar-refractivity contribution in [1.29, 1.82) is 0 Å². The van der Waals surface area contributed by atoms with Crippen LogP contribution in [0.25, 0.3) is 11.3 Å². The van der Waals surface area contributed by atoms with Gasteiger partial charge in [0.25, 0.3) is 0 Å². The van der Waals surface area contributed by atoms with Crippen LogP contribution in [0.2, 0.25) is 0 Å². The third kappa shape index (κ3) is 3.95. The van der Waals surface area contributed by atoms with Gasteiger partial charge in [-0.05, 0) is 34.1 Å². The predicted octanol–water partition coefficient (Wildman–Crippen LogP) is 5.10. The Hall–Kier alpha value is -2.78. The number of nitrogens with one attached hydrogen (secondary N) is 1. The summed E-state index contributed by atoms with van der Waals surface area (Å²) in [6.45, 7) is 3.73. The highest BCUT2D eigenvalue weighted by Gasteiger charge is 2.27. The number of fused-ring (bicyclic) bond motifs is 3. The van der Waals surface area contributed by atoms with E-state index in [2.05, 4.69) is 43.0 Å². The molecular weight excluding hydrogens is 468 g/mol. The maximum atomic E-state index is 6.29. The molecule has 0 saturated heterocycles. The molecule has 1 aliphatic rings. The summed E-state index contributed by atoms with van der Waals surface area (Å²) in [7, 11) is 3.19. The van der Waals surface area contributed by atoms with Gasteiger partial charge in [-0.25, -0.2) is 0 Å². The molecule has 0 aliphatic carbocycles. The van der Waals surface area contributed by atoms with Crippen molar-refractivity contribution in [2.24, 2.45) is 0 Å². The molecule has 1 atom stereocenters. The minimum absolute atomic E-state index is 0.407. The van der Waals surface area contributed by atoms with E-state index in [1.807, 2.05) is 36.4 Å². The number of aromatic nitrogens is 3. The summed E-state index contributed by atoms with van der Waals surface area (Å²) in [4.78, 5) is 4.60. The summed E-state index contributed by atoms with van der Waals surface area (Å²) in [6, 6.07) is 11.6. The number of hydrogen-bond donors (Lipinski definition) is 1. The van der Waals surface area contributed by atoms with Crippen molar-refractivity contribution in [3.8, 4) is 28.6 Å². The second kappa shape index (κ2) is 8.93. The van der Waals surface area contributed by atoms with Crippen LogP contribution in [0.3, 0.4) is 0 Å². The van der Waals surface area contributed by atoms with Crippen molar-refractivity contribution in [2.75, 3.05) is 25.3 Å². The average molecular weight is 487 g/mol. The summed E-state index contributed by atoms with van der Waals surface area (Å²) >= 11 is 4.99. The second-order valence-corrected chi connectivity index (χ2v) is 8.12. The van der Waals surface area contributed by atoms with Crippen molar-refractivity contribution in [3.63, 3.8) is 0 Å². The summed E-state index contributed by atoms with van der Waals surface area (Å²) in [5, 5.41) is 12.6. The third-order valence-electron chi connectivity index (χ3n) is 4.42. The molecule has 154 valence electrons. The Kier molecular flexibility index (Phi) is 6.10. The molecule has 0 spiro atoms. The Bertz CT molecular complexity index is 1100. The average Bonchev–Trinajstić information content (AvgIpc) is 2.93. The number of ether oxygens (including phenoxy) is 3. The van der Waals surface area contributed by atoms with Gasteiger partial charge in [0.2, 0.25) is 11.0 Å². The monoisotopic (exact) mass is 486 g/mol. The zero-order chi connectivity index (χ0) is 21.1. The van der Waals surface area contributed by atoms with E-state index in [0.29, 0.717) is 34.0 Å². The Morgan fingerprint density at radius 3 is 2.83 bits per heavy atom. The summed E-state index contributed by atoms with van der Waals surface area (Å²) in [5.41, 5.74) is 3.16. The van der Waals surface area contributed by atoms with Gasteiger partial charge >= 0.3 is 0 Å². The lowest BCUT2D eigenvalue weighted by Gasteiger charge is -2.21. The Morgan fingerprint density at radius 2 is 2.07 bits per heavy atom. The number of methoxy groups -OCH3 is 2. The van der Waals surface area contributed by atoms with Gasteiger partial charge in [-0.1, -0.05) is 36.0 Å². The number of thioether (sulfide) groups is 1. The molecule has 9 heteroatoms. The zero-order valence-electron chi connectivity index (χ0n) is 16.4. The van der Waals surface area contributed by atoms with E-state index in [4.69, 9.17) is 14.2 Å². The lowest BCUT2D eigenvalue weighted by atomic mass is 10.1. The number of benzene rings is 2. The Balaban J connectivity index is 1.81. The highest BCUT2D eigenvalue weighted by Crippen LogP contribution is 2.42. The van der Waals surface area contributed by atoms with Gasteiger partial charge in [0.15, 0.2) is 23.4 Å². The van der Waals surface area contributed by atoms with Crippen LogP contribution in [-0.2, 0) is 0 Å². The van der Waals surface area contributed by atoms with E-state index in [0.717, 1.165) is 21.3 Å². The lowest BCUT2D eigenvalue weighted by Crippen LogP contribution is -2.17. The first-order valence-corrected chi connectivity index (χ1v) is 10.8. The summed E-state index contributed by atoms with van der Waals surface area (Å²) in [6.07, 6.45) is 1.26. The molecule has 2 aromatic carbocycles. The summed E-state index contributed by atoms with van der Waals surface area (Å²) in [5.74, 6) is 2.29. The summed E-state index contributed by atoms with van der Waals surface area (Å²) < 4.78 is 18.0. The lowest BCUT2D eigenvalue weighted by molar-refractivity contribution is 0.224. The number of para-hydroxylation sites is 1. The molecule has 0 bridgehead atoms. The van der Waals surface area contributed by atoms with Crippen molar-refractivity contribution in [1.82, 2.24) is 15.2 Å². The van der Waals surface area contributed by atoms with Crippen molar-refractivity contribution < 1.29 is 14.2 Å². The maximum Gasteiger partial charge on any atom is 0.247 e. The molecule has 30 heavy (non-hydrogen) atoms. The molecule has 0 unspecified atom stereocenters. The smallest absolute Gasteiger partial charge is 0.247 e. The maximum absolute atomic E-state index is 6.29. The minimum Gasteiger partial charge on any atom is -0.493 e. The quantitative estimate of drug-likeness (QED) is 0.380. The van der Waals surface area contributed by atoms with Crippen LogP contribution in [0, 0.1) is 0 Å². The van der Waals surface area contributed by atoms with Gasteiger partial charge in [-0.3, -0.25) is 0 Å². The first-order chi connectivity index (χ1) is 14.6. The van der Waals surface area contributed by atoms with Crippen molar-refractivity contribution >= 4 is 33.4 Å². The van der Waals surface area contributed by atoms with Crippen molar-refractivity contribution in [2.45, 2.75) is 11.4 Å².